The Kier molecular flexibility index (Phi) is 4.90. The van der Waals surface area contributed by atoms with Crippen molar-refractivity contribution in [1.29, 1.82) is 0 Å². The number of piperidine rings is 2. The van der Waals surface area contributed by atoms with Crippen LogP contribution in [0.2, 0.25) is 0 Å². The van der Waals surface area contributed by atoms with E-state index in [1.807, 2.05) is 12.1 Å². The first-order chi connectivity index (χ1) is 14.5. The van der Waals surface area contributed by atoms with Gasteiger partial charge in [-0.2, -0.15) is 0 Å². The number of hydrogen-bond acceptors (Lipinski definition) is 5. The van der Waals surface area contributed by atoms with Gasteiger partial charge in [-0.1, -0.05) is 18.2 Å². The fourth-order valence-corrected chi connectivity index (χ4v) is 5.98. The molecular weight excluding hydrogens is 380 g/mol. The minimum Gasteiger partial charge on any atom is -0.322 e. The fraction of sp³-hybridized carbons (Fsp3) is 0.609. The van der Waals surface area contributed by atoms with Crippen molar-refractivity contribution in [2.24, 2.45) is 5.41 Å². The Bertz CT molecular complexity index is 892. The second-order valence-corrected chi connectivity index (χ2v) is 9.56. The lowest BCUT2D eigenvalue weighted by Crippen LogP contribution is -2.52. The molecule has 5 rings (SSSR count). The molecule has 0 aromatic heterocycles. The molecule has 1 spiro atoms. The minimum atomic E-state index is -0.556. The fourth-order valence-electron chi connectivity index (χ4n) is 5.98. The van der Waals surface area contributed by atoms with E-state index in [1.54, 1.807) is 4.90 Å². The molecule has 2 N–H and O–H groups in total. The van der Waals surface area contributed by atoms with Crippen LogP contribution in [0, 0.1) is 5.41 Å². The number of imide groups is 1. The molecule has 1 aromatic carbocycles. The van der Waals surface area contributed by atoms with Gasteiger partial charge in [-0.15, -0.1) is 0 Å². The van der Waals surface area contributed by atoms with Gasteiger partial charge in [0.2, 0.25) is 11.8 Å². The quantitative estimate of drug-likeness (QED) is 0.737. The minimum absolute atomic E-state index is 0.0708. The third kappa shape index (κ3) is 3.34. The second-order valence-electron chi connectivity index (χ2n) is 9.56. The maximum atomic E-state index is 13.3. The van der Waals surface area contributed by atoms with E-state index >= 15 is 0 Å². The Morgan fingerprint density at radius 1 is 1.17 bits per heavy atom. The standard InChI is InChI=1S/C23H30N4O3/c1-15-11-23(7-9-24-10-8-23)14-26(15)12-16-3-2-4-17-13-27(22(30)20(16)17)18-5-6-19(28)25-21(18)29/h2-4,15,18,24H,5-14H2,1H3,(H,25,28,29). The zero-order valence-corrected chi connectivity index (χ0v) is 17.6. The number of nitrogens with zero attached hydrogens (tertiary/aromatic N) is 2. The van der Waals surface area contributed by atoms with Gasteiger partial charge in [-0.25, -0.2) is 0 Å². The summed E-state index contributed by atoms with van der Waals surface area (Å²) in [5, 5.41) is 5.86. The first kappa shape index (κ1) is 19.7. The molecule has 0 bridgehead atoms. The van der Waals surface area contributed by atoms with E-state index in [0.717, 1.165) is 42.9 Å². The van der Waals surface area contributed by atoms with Crippen LogP contribution >= 0.6 is 0 Å². The maximum Gasteiger partial charge on any atom is 0.255 e. The van der Waals surface area contributed by atoms with Gasteiger partial charge >= 0.3 is 0 Å². The Labute approximate surface area is 177 Å². The summed E-state index contributed by atoms with van der Waals surface area (Å²) in [6.07, 6.45) is 4.36. The molecule has 7 heteroatoms. The van der Waals surface area contributed by atoms with Gasteiger partial charge in [0.15, 0.2) is 0 Å². The van der Waals surface area contributed by atoms with Gasteiger partial charge < -0.3 is 10.2 Å². The molecule has 2 atom stereocenters. The average molecular weight is 411 g/mol. The van der Waals surface area contributed by atoms with E-state index in [0.29, 0.717) is 24.4 Å². The highest BCUT2D eigenvalue weighted by Crippen LogP contribution is 2.43. The van der Waals surface area contributed by atoms with Crippen LogP contribution in [0.25, 0.3) is 0 Å². The SMILES string of the molecule is CC1CC2(CCNCC2)CN1Cc1cccc2c1C(=O)N(C1CCC(=O)NC1=O)C2. The molecule has 3 saturated heterocycles. The third-order valence-corrected chi connectivity index (χ3v) is 7.57. The summed E-state index contributed by atoms with van der Waals surface area (Å²) in [6.45, 7) is 6.80. The largest absolute Gasteiger partial charge is 0.322 e. The van der Waals surface area contributed by atoms with Crippen LogP contribution in [0.3, 0.4) is 0 Å². The first-order valence-electron chi connectivity index (χ1n) is 11.2. The number of fused-ring (bicyclic) bond motifs is 1. The summed E-state index contributed by atoms with van der Waals surface area (Å²) in [5.41, 5.74) is 3.22. The van der Waals surface area contributed by atoms with Crippen LogP contribution in [0.5, 0.6) is 0 Å². The molecule has 3 fully saturated rings. The van der Waals surface area contributed by atoms with Crippen LogP contribution in [-0.2, 0) is 22.7 Å². The van der Waals surface area contributed by atoms with Gasteiger partial charge in [-0.3, -0.25) is 24.6 Å². The molecule has 30 heavy (non-hydrogen) atoms. The van der Waals surface area contributed by atoms with Crippen LogP contribution in [0.1, 0.15) is 60.5 Å². The van der Waals surface area contributed by atoms with E-state index in [9.17, 15) is 14.4 Å². The molecule has 160 valence electrons. The first-order valence-corrected chi connectivity index (χ1v) is 11.2. The van der Waals surface area contributed by atoms with Crippen LogP contribution < -0.4 is 10.6 Å². The summed E-state index contributed by atoms with van der Waals surface area (Å²) in [7, 11) is 0. The highest BCUT2D eigenvalue weighted by molar-refractivity contribution is 6.05. The summed E-state index contributed by atoms with van der Waals surface area (Å²) < 4.78 is 0. The molecular formula is C23H30N4O3. The van der Waals surface area contributed by atoms with Gasteiger partial charge in [0.25, 0.3) is 5.91 Å². The highest BCUT2D eigenvalue weighted by Gasteiger charge is 2.44. The summed E-state index contributed by atoms with van der Waals surface area (Å²) in [6, 6.07) is 6.02. The predicted molar refractivity (Wildman–Crippen MR) is 112 cm³/mol. The predicted octanol–water partition coefficient (Wildman–Crippen LogP) is 1.41. The molecule has 2 unspecified atom stereocenters. The lowest BCUT2D eigenvalue weighted by molar-refractivity contribution is -0.136. The van der Waals surface area contributed by atoms with Crippen LogP contribution in [0.4, 0.5) is 0 Å². The number of carbonyl (C=O) groups is 3. The van der Waals surface area contributed by atoms with Crippen molar-refractivity contribution in [3.8, 4) is 0 Å². The summed E-state index contributed by atoms with van der Waals surface area (Å²) in [4.78, 5) is 41.3. The maximum absolute atomic E-state index is 13.3. The zero-order valence-electron chi connectivity index (χ0n) is 17.6. The van der Waals surface area contributed by atoms with Crippen molar-refractivity contribution in [3.63, 3.8) is 0 Å². The lowest BCUT2D eigenvalue weighted by atomic mass is 9.77. The number of rotatable bonds is 3. The number of hydrogen-bond donors (Lipinski definition) is 2. The van der Waals surface area contributed by atoms with Crippen molar-refractivity contribution in [3.05, 3.63) is 34.9 Å². The number of carbonyl (C=O) groups excluding carboxylic acids is 3. The average Bonchev–Trinajstić information content (AvgIpc) is 3.20. The number of nitrogens with one attached hydrogen (secondary N) is 2. The highest BCUT2D eigenvalue weighted by atomic mass is 16.2. The summed E-state index contributed by atoms with van der Waals surface area (Å²) in [5.74, 6) is -0.676. The van der Waals surface area contributed by atoms with Crippen LogP contribution in [-0.4, -0.2) is 59.2 Å². The van der Waals surface area contributed by atoms with Crippen molar-refractivity contribution < 1.29 is 14.4 Å². The van der Waals surface area contributed by atoms with Crippen molar-refractivity contribution in [1.82, 2.24) is 20.4 Å². The normalized spacial score (nSPS) is 28.8. The monoisotopic (exact) mass is 410 g/mol. The van der Waals surface area contributed by atoms with Crippen molar-refractivity contribution >= 4 is 17.7 Å². The van der Waals surface area contributed by atoms with Gasteiger partial charge in [-0.05, 0) is 62.2 Å². The zero-order chi connectivity index (χ0) is 20.9. The van der Waals surface area contributed by atoms with E-state index in [4.69, 9.17) is 0 Å². The van der Waals surface area contributed by atoms with E-state index < -0.39 is 6.04 Å². The molecule has 4 aliphatic rings. The Hall–Kier alpha value is -2.25. The Balaban J connectivity index is 1.35. The number of benzene rings is 1. The van der Waals surface area contributed by atoms with Gasteiger partial charge in [0.1, 0.15) is 6.04 Å². The topological polar surface area (TPSA) is 81.8 Å². The molecule has 1 aromatic rings. The summed E-state index contributed by atoms with van der Waals surface area (Å²) >= 11 is 0. The molecule has 0 radical (unpaired) electrons. The lowest BCUT2D eigenvalue weighted by Gasteiger charge is -2.34. The molecule has 3 amide bonds. The van der Waals surface area contributed by atoms with Crippen LogP contribution in [0.15, 0.2) is 18.2 Å². The number of amides is 3. The third-order valence-electron chi connectivity index (χ3n) is 7.57. The molecule has 4 aliphatic heterocycles. The number of likely N-dealkylation sites (tertiary alicyclic amines) is 1. The van der Waals surface area contributed by atoms with Gasteiger partial charge in [0.05, 0.1) is 0 Å². The van der Waals surface area contributed by atoms with E-state index in [1.165, 1.54) is 19.3 Å². The molecule has 7 nitrogen and oxygen atoms in total. The van der Waals surface area contributed by atoms with E-state index in [-0.39, 0.29) is 24.1 Å². The second kappa shape index (κ2) is 7.46. The van der Waals surface area contributed by atoms with Gasteiger partial charge in [0, 0.05) is 37.7 Å². The molecule has 0 aliphatic carbocycles. The smallest absolute Gasteiger partial charge is 0.255 e. The van der Waals surface area contributed by atoms with E-state index in [2.05, 4.69) is 28.5 Å². The Morgan fingerprint density at radius 2 is 1.97 bits per heavy atom. The van der Waals surface area contributed by atoms with Crippen molar-refractivity contribution in [2.45, 2.75) is 64.2 Å². The molecule has 0 saturated carbocycles. The van der Waals surface area contributed by atoms with Crippen molar-refractivity contribution in [2.75, 3.05) is 19.6 Å². The molecule has 4 heterocycles. The Morgan fingerprint density at radius 3 is 2.73 bits per heavy atom.